The molecule has 0 N–H and O–H groups in total. The topological polar surface area (TPSA) is 29.3 Å². The number of rotatable bonds is 1. The zero-order chi connectivity index (χ0) is 15.9. The van der Waals surface area contributed by atoms with Crippen LogP contribution in [0.1, 0.15) is 64.0 Å². The molecule has 1 heterocycles. The lowest BCUT2D eigenvalue weighted by molar-refractivity contribution is -0.331. The van der Waals surface area contributed by atoms with E-state index in [0.29, 0.717) is 5.92 Å². The molecule has 0 spiro atoms. The van der Waals surface area contributed by atoms with Gasteiger partial charge in [-0.3, -0.25) is 0 Å². The molecule has 3 heteroatoms. The van der Waals surface area contributed by atoms with Gasteiger partial charge in [-0.25, -0.2) is 0 Å². The number of hydrogen-bond donors (Lipinski definition) is 0. The fraction of sp³-hybridized carbons (Fsp3) is 0.579. The molecular weight excluding hydrogens is 274 g/mol. The molecule has 0 radical (unpaired) electrons. The van der Waals surface area contributed by atoms with Gasteiger partial charge < -0.3 is 4.74 Å². The van der Waals surface area contributed by atoms with E-state index in [9.17, 15) is 4.79 Å². The molecule has 3 nitrogen and oxygen atoms in total. The maximum atomic E-state index is 12.4. The van der Waals surface area contributed by atoms with Crippen molar-refractivity contribution in [2.24, 2.45) is 5.92 Å². The van der Waals surface area contributed by atoms with Crippen LogP contribution in [0.2, 0.25) is 0 Å². The Balaban J connectivity index is 2.06. The first kappa shape index (κ1) is 15.3. The predicted octanol–water partition coefficient (Wildman–Crippen LogP) is 5.10. The van der Waals surface area contributed by atoms with Gasteiger partial charge in [-0.1, -0.05) is 50.7 Å². The Morgan fingerprint density at radius 2 is 1.86 bits per heavy atom. The van der Waals surface area contributed by atoms with Gasteiger partial charge in [-0.2, -0.15) is 4.79 Å². The van der Waals surface area contributed by atoms with Gasteiger partial charge >= 0.3 is 6.09 Å². The maximum absolute atomic E-state index is 12.4. The molecule has 2 aliphatic rings. The van der Waals surface area contributed by atoms with Crippen molar-refractivity contribution in [3.05, 3.63) is 23.3 Å². The van der Waals surface area contributed by atoms with Crippen LogP contribution in [-0.4, -0.2) is 16.9 Å². The number of hydrogen-bond acceptors (Lipinski definition) is 2. The van der Waals surface area contributed by atoms with Gasteiger partial charge in [0.15, 0.2) is 6.21 Å². The molecule has 1 aliphatic heterocycles. The first-order valence-corrected chi connectivity index (χ1v) is 8.37. The number of aryl methyl sites for hydroxylation is 1. The SMILES string of the molecule is Cc1cc2c(c(C(C)(C)C)c1)OC(=O)/[N+]2=C/C1CCCCC1. The van der Waals surface area contributed by atoms with Crippen LogP contribution >= 0.6 is 0 Å². The molecule has 0 unspecified atom stereocenters. The van der Waals surface area contributed by atoms with Crippen LogP contribution in [0.5, 0.6) is 5.75 Å². The monoisotopic (exact) mass is 300 g/mol. The van der Waals surface area contributed by atoms with Crippen LogP contribution in [0.25, 0.3) is 0 Å². The molecule has 3 rings (SSSR count). The first-order valence-electron chi connectivity index (χ1n) is 8.37. The molecule has 1 aromatic carbocycles. The average Bonchev–Trinajstić information content (AvgIpc) is 2.75. The Kier molecular flexibility index (Phi) is 3.84. The second-order valence-electron chi connectivity index (χ2n) is 7.70. The Labute approximate surface area is 133 Å². The van der Waals surface area contributed by atoms with Gasteiger partial charge in [-0.05, 0) is 30.7 Å². The highest BCUT2D eigenvalue weighted by atomic mass is 16.6. The summed E-state index contributed by atoms with van der Waals surface area (Å²) >= 11 is 0. The van der Waals surface area contributed by atoms with Crippen LogP contribution in [0.15, 0.2) is 12.1 Å². The zero-order valence-electron chi connectivity index (χ0n) is 14.1. The summed E-state index contributed by atoms with van der Waals surface area (Å²) in [6, 6.07) is 4.20. The number of benzene rings is 1. The van der Waals surface area contributed by atoms with Crippen LogP contribution in [0.4, 0.5) is 10.5 Å². The van der Waals surface area contributed by atoms with E-state index in [2.05, 4.69) is 46.0 Å². The number of ether oxygens (including phenoxy) is 1. The summed E-state index contributed by atoms with van der Waals surface area (Å²) in [5.41, 5.74) is 3.15. The maximum Gasteiger partial charge on any atom is 0.608 e. The van der Waals surface area contributed by atoms with Gasteiger partial charge in [0, 0.05) is 17.5 Å². The summed E-state index contributed by atoms with van der Waals surface area (Å²) in [5.74, 6) is 1.24. The highest BCUT2D eigenvalue weighted by Crippen LogP contribution is 2.43. The van der Waals surface area contributed by atoms with Crippen molar-refractivity contribution in [1.29, 1.82) is 0 Å². The summed E-state index contributed by atoms with van der Waals surface area (Å²) in [6.45, 7) is 8.55. The van der Waals surface area contributed by atoms with Gasteiger partial charge in [-0.15, -0.1) is 0 Å². The smallest absolute Gasteiger partial charge is 0.365 e. The summed E-state index contributed by atoms with van der Waals surface area (Å²) in [6.07, 6.45) is 8.04. The van der Waals surface area contributed by atoms with Crippen molar-refractivity contribution in [1.82, 2.24) is 0 Å². The quantitative estimate of drug-likeness (QED) is 0.675. The van der Waals surface area contributed by atoms with Crippen molar-refractivity contribution in [3.63, 3.8) is 0 Å². The summed E-state index contributed by atoms with van der Waals surface area (Å²) in [7, 11) is 0. The Bertz CT molecular complexity index is 632. The molecule has 1 aliphatic carbocycles. The lowest BCUT2D eigenvalue weighted by Crippen LogP contribution is -2.19. The third kappa shape index (κ3) is 2.81. The Hall–Kier alpha value is -1.64. The molecule has 1 aromatic rings. The number of carbonyl (C=O) groups is 1. The van der Waals surface area contributed by atoms with Crippen LogP contribution in [0, 0.1) is 12.8 Å². The predicted molar refractivity (Wildman–Crippen MR) is 88.5 cm³/mol. The average molecular weight is 300 g/mol. The lowest BCUT2D eigenvalue weighted by atomic mass is 9.85. The molecule has 1 amide bonds. The van der Waals surface area contributed by atoms with Crippen LogP contribution in [-0.2, 0) is 5.41 Å². The summed E-state index contributed by atoms with van der Waals surface area (Å²) in [5, 5.41) is 0. The van der Waals surface area contributed by atoms with Gasteiger partial charge in [0.1, 0.15) is 0 Å². The number of carbonyl (C=O) groups excluding carboxylic acids is 1. The molecule has 1 fully saturated rings. The Morgan fingerprint density at radius 1 is 1.18 bits per heavy atom. The van der Waals surface area contributed by atoms with Crippen LogP contribution < -0.4 is 4.74 Å². The van der Waals surface area contributed by atoms with Crippen molar-refractivity contribution < 1.29 is 14.1 Å². The third-order valence-electron chi connectivity index (χ3n) is 4.68. The highest BCUT2D eigenvalue weighted by molar-refractivity contribution is 5.81. The number of amides is 1. The molecule has 118 valence electrons. The van der Waals surface area contributed by atoms with E-state index >= 15 is 0 Å². The second-order valence-corrected chi connectivity index (χ2v) is 7.70. The molecule has 1 saturated carbocycles. The van der Waals surface area contributed by atoms with Gasteiger partial charge in [0.25, 0.3) is 5.69 Å². The molecule has 0 atom stereocenters. The van der Waals surface area contributed by atoms with Crippen molar-refractivity contribution >= 4 is 18.0 Å². The minimum Gasteiger partial charge on any atom is -0.365 e. The molecular formula is C19H26NO2+. The van der Waals surface area contributed by atoms with E-state index in [-0.39, 0.29) is 11.5 Å². The van der Waals surface area contributed by atoms with Gasteiger partial charge in [0.05, 0.1) is 0 Å². The fourth-order valence-electron chi connectivity index (χ4n) is 3.47. The lowest BCUT2D eigenvalue weighted by Gasteiger charge is -2.20. The van der Waals surface area contributed by atoms with E-state index < -0.39 is 0 Å². The normalized spacial score (nSPS) is 21.1. The Morgan fingerprint density at radius 3 is 2.50 bits per heavy atom. The van der Waals surface area contributed by atoms with E-state index in [1.165, 1.54) is 37.7 Å². The highest BCUT2D eigenvalue weighted by Gasteiger charge is 2.41. The summed E-state index contributed by atoms with van der Waals surface area (Å²) < 4.78 is 7.37. The largest absolute Gasteiger partial charge is 0.608 e. The molecule has 0 bridgehead atoms. The second kappa shape index (κ2) is 5.53. The van der Waals surface area contributed by atoms with E-state index in [1.54, 1.807) is 4.58 Å². The number of fused-ring (bicyclic) bond motifs is 1. The molecule has 22 heavy (non-hydrogen) atoms. The van der Waals surface area contributed by atoms with E-state index in [0.717, 1.165) is 17.0 Å². The number of nitrogens with zero attached hydrogens (tertiary/aromatic N) is 1. The van der Waals surface area contributed by atoms with Crippen molar-refractivity contribution in [2.75, 3.05) is 0 Å². The fourth-order valence-corrected chi connectivity index (χ4v) is 3.47. The van der Waals surface area contributed by atoms with Crippen molar-refractivity contribution in [3.8, 4) is 5.75 Å². The first-order chi connectivity index (χ1) is 10.4. The minimum atomic E-state index is -0.253. The van der Waals surface area contributed by atoms with Gasteiger partial charge in [0.2, 0.25) is 5.75 Å². The molecule has 0 saturated heterocycles. The standard InChI is InChI=1S/C19H26NO2/c1-13-10-15(19(2,3)4)17-16(11-13)20(18(21)22-17)12-14-8-6-5-7-9-14/h10-12,14H,5-9H2,1-4H3/q+1/b20-12+. The molecule has 0 aromatic heterocycles. The minimum absolute atomic E-state index is 0.0444. The third-order valence-corrected chi connectivity index (χ3v) is 4.68. The van der Waals surface area contributed by atoms with E-state index in [1.807, 2.05) is 0 Å². The van der Waals surface area contributed by atoms with E-state index in [4.69, 9.17) is 4.74 Å². The van der Waals surface area contributed by atoms with Crippen LogP contribution in [0.3, 0.4) is 0 Å². The zero-order valence-corrected chi connectivity index (χ0v) is 14.1. The van der Waals surface area contributed by atoms with Crippen molar-refractivity contribution in [2.45, 2.75) is 65.2 Å². The summed E-state index contributed by atoms with van der Waals surface area (Å²) in [4.78, 5) is 12.4.